The number of nitrogens with two attached hydrogens (primary N) is 1. The average molecular weight is 279 g/mol. The summed E-state index contributed by atoms with van der Waals surface area (Å²) in [4.78, 5) is 11.0. The molecular formula is C10H21N3O4S. The number of hydrogen-bond donors (Lipinski definition) is 1. The second kappa shape index (κ2) is 6.46. The van der Waals surface area contributed by atoms with Gasteiger partial charge in [-0.1, -0.05) is 0 Å². The van der Waals surface area contributed by atoms with E-state index in [0.29, 0.717) is 19.6 Å². The second-order valence-corrected chi connectivity index (χ2v) is 6.44. The van der Waals surface area contributed by atoms with E-state index in [1.54, 1.807) is 0 Å². The molecule has 0 radical (unpaired) electrons. The topological polar surface area (TPSA) is 92.9 Å². The van der Waals surface area contributed by atoms with E-state index in [1.165, 1.54) is 22.8 Å². The Labute approximate surface area is 108 Å². The van der Waals surface area contributed by atoms with Gasteiger partial charge < -0.3 is 10.5 Å². The molecule has 106 valence electrons. The van der Waals surface area contributed by atoms with Gasteiger partial charge in [0.25, 0.3) is 10.2 Å². The van der Waals surface area contributed by atoms with Crippen LogP contribution in [-0.2, 0) is 19.7 Å². The normalized spacial score (nSPS) is 21.4. The Balaban J connectivity index is 2.55. The fraction of sp³-hybridized carbons (Fsp3) is 0.900. The highest BCUT2D eigenvalue weighted by atomic mass is 32.2. The largest absolute Gasteiger partial charge is 0.469 e. The maximum absolute atomic E-state index is 12.2. The number of carbonyl (C=O) groups excluding carboxylic acids is 1. The number of rotatable bonds is 6. The summed E-state index contributed by atoms with van der Waals surface area (Å²) in [7, 11) is -0.735. The Hall–Kier alpha value is -0.700. The van der Waals surface area contributed by atoms with Gasteiger partial charge >= 0.3 is 5.97 Å². The lowest BCUT2D eigenvalue weighted by molar-refractivity contribution is -0.140. The second-order valence-electron chi connectivity index (χ2n) is 4.40. The van der Waals surface area contributed by atoms with Crippen LogP contribution in [0.25, 0.3) is 0 Å². The van der Waals surface area contributed by atoms with Crippen LogP contribution < -0.4 is 5.73 Å². The third-order valence-electron chi connectivity index (χ3n) is 3.16. The molecule has 2 N–H and O–H groups in total. The Kier molecular flexibility index (Phi) is 5.51. The third kappa shape index (κ3) is 3.64. The molecule has 0 aromatic heterocycles. The standard InChI is InChI=1S/C10H21N3O4S/c1-12(5-4-10(14)17-2)18(15,16)13-6-3-9(7-11)8-13/h9H,3-8,11H2,1-2H3. The first-order chi connectivity index (χ1) is 8.41. The number of hydrogen-bond acceptors (Lipinski definition) is 5. The molecule has 0 aromatic rings. The Morgan fingerprint density at radius 3 is 2.72 bits per heavy atom. The fourth-order valence-corrected chi connectivity index (χ4v) is 3.31. The molecule has 7 nitrogen and oxygen atoms in total. The molecule has 18 heavy (non-hydrogen) atoms. The van der Waals surface area contributed by atoms with Crippen molar-refractivity contribution in [3.63, 3.8) is 0 Å². The zero-order chi connectivity index (χ0) is 13.8. The van der Waals surface area contributed by atoms with E-state index in [-0.39, 0.29) is 18.9 Å². The van der Waals surface area contributed by atoms with Crippen molar-refractivity contribution in [3.8, 4) is 0 Å². The maximum Gasteiger partial charge on any atom is 0.306 e. The summed E-state index contributed by atoms with van der Waals surface area (Å²) in [6.07, 6.45) is 0.848. The van der Waals surface area contributed by atoms with Gasteiger partial charge in [0, 0.05) is 26.7 Å². The zero-order valence-electron chi connectivity index (χ0n) is 10.8. The summed E-state index contributed by atoms with van der Waals surface area (Å²) in [6, 6.07) is 0. The molecule has 1 aliphatic rings. The van der Waals surface area contributed by atoms with E-state index < -0.39 is 16.2 Å². The van der Waals surface area contributed by atoms with Gasteiger partial charge in [-0.15, -0.1) is 0 Å². The van der Waals surface area contributed by atoms with Gasteiger partial charge in [0.2, 0.25) is 0 Å². The predicted molar refractivity (Wildman–Crippen MR) is 66.9 cm³/mol. The van der Waals surface area contributed by atoms with Crippen LogP contribution in [0.2, 0.25) is 0 Å². The van der Waals surface area contributed by atoms with Crippen molar-refractivity contribution in [2.75, 3.05) is 40.3 Å². The van der Waals surface area contributed by atoms with E-state index in [0.717, 1.165) is 6.42 Å². The van der Waals surface area contributed by atoms with Crippen molar-refractivity contribution < 1.29 is 17.9 Å². The van der Waals surface area contributed by atoms with E-state index in [4.69, 9.17) is 5.73 Å². The summed E-state index contributed by atoms with van der Waals surface area (Å²) >= 11 is 0. The highest BCUT2D eigenvalue weighted by molar-refractivity contribution is 7.86. The van der Waals surface area contributed by atoms with Crippen LogP contribution >= 0.6 is 0 Å². The van der Waals surface area contributed by atoms with Crippen molar-refractivity contribution in [3.05, 3.63) is 0 Å². The molecule has 1 rings (SSSR count). The summed E-state index contributed by atoms with van der Waals surface area (Å²) < 4.78 is 31.4. The van der Waals surface area contributed by atoms with E-state index >= 15 is 0 Å². The molecule has 8 heteroatoms. The number of methoxy groups -OCH3 is 1. The quantitative estimate of drug-likeness (QED) is 0.630. The van der Waals surface area contributed by atoms with Gasteiger partial charge in [-0.2, -0.15) is 17.0 Å². The molecule has 0 saturated carbocycles. The molecule has 1 saturated heterocycles. The molecule has 0 spiro atoms. The molecule has 0 amide bonds. The lowest BCUT2D eigenvalue weighted by Gasteiger charge is -2.23. The number of carbonyl (C=O) groups is 1. The Bertz CT molecular complexity index is 385. The molecule has 1 heterocycles. The van der Waals surface area contributed by atoms with Crippen molar-refractivity contribution in [1.82, 2.24) is 8.61 Å². The molecule has 1 atom stereocenters. The number of nitrogens with zero attached hydrogens (tertiary/aromatic N) is 2. The van der Waals surface area contributed by atoms with Gasteiger partial charge in [0.15, 0.2) is 0 Å². The van der Waals surface area contributed by atoms with Gasteiger partial charge in [-0.05, 0) is 18.9 Å². The minimum absolute atomic E-state index is 0.0559. The Morgan fingerprint density at radius 1 is 1.56 bits per heavy atom. The summed E-state index contributed by atoms with van der Waals surface area (Å²) in [6.45, 7) is 1.57. The summed E-state index contributed by atoms with van der Waals surface area (Å²) in [5, 5.41) is 0. The first-order valence-corrected chi connectivity index (χ1v) is 7.29. The molecule has 0 aliphatic carbocycles. The van der Waals surface area contributed by atoms with Crippen molar-refractivity contribution >= 4 is 16.2 Å². The lowest BCUT2D eigenvalue weighted by atomic mass is 10.1. The van der Waals surface area contributed by atoms with Crippen LogP contribution in [0.3, 0.4) is 0 Å². The van der Waals surface area contributed by atoms with E-state index in [1.807, 2.05) is 0 Å². The Morgan fingerprint density at radius 2 is 2.22 bits per heavy atom. The van der Waals surface area contributed by atoms with Crippen LogP contribution in [0.1, 0.15) is 12.8 Å². The fourth-order valence-electron chi connectivity index (χ4n) is 1.86. The first kappa shape index (κ1) is 15.4. The van der Waals surface area contributed by atoms with E-state index in [2.05, 4.69) is 4.74 Å². The zero-order valence-corrected chi connectivity index (χ0v) is 11.6. The molecule has 1 fully saturated rings. The van der Waals surface area contributed by atoms with Crippen LogP contribution in [0.15, 0.2) is 0 Å². The van der Waals surface area contributed by atoms with Crippen molar-refractivity contribution in [2.24, 2.45) is 11.7 Å². The lowest BCUT2D eigenvalue weighted by Crippen LogP contribution is -2.41. The third-order valence-corrected chi connectivity index (χ3v) is 5.12. The van der Waals surface area contributed by atoms with Crippen LogP contribution in [0.5, 0.6) is 0 Å². The average Bonchev–Trinajstić information content (AvgIpc) is 2.84. The van der Waals surface area contributed by atoms with Gasteiger partial charge in [0.1, 0.15) is 0 Å². The van der Waals surface area contributed by atoms with Crippen molar-refractivity contribution in [1.29, 1.82) is 0 Å². The minimum atomic E-state index is -3.48. The SMILES string of the molecule is COC(=O)CCN(C)S(=O)(=O)N1CCC(CN)C1. The summed E-state index contributed by atoms with van der Waals surface area (Å²) in [5.41, 5.74) is 5.54. The predicted octanol–water partition coefficient (Wildman–Crippen LogP) is -0.993. The highest BCUT2D eigenvalue weighted by Crippen LogP contribution is 2.20. The number of esters is 1. The molecule has 1 aliphatic heterocycles. The molecule has 0 aromatic carbocycles. The first-order valence-electron chi connectivity index (χ1n) is 5.90. The van der Waals surface area contributed by atoms with Crippen LogP contribution in [0, 0.1) is 5.92 Å². The number of ether oxygens (including phenoxy) is 1. The minimum Gasteiger partial charge on any atom is -0.469 e. The maximum atomic E-state index is 12.2. The van der Waals surface area contributed by atoms with Gasteiger partial charge in [-0.3, -0.25) is 4.79 Å². The van der Waals surface area contributed by atoms with Crippen LogP contribution in [-0.4, -0.2) is 63.3 Å². The smallest absolute Gasteiger partial charge is 0.306 e. The monoisotopic (exact) mass is 279 g/mol. The van der Waals surface area contributed by atoms with Gasteiger partial charge in [0.05, 0.1) is 13.5 Å². The van der Waals surface area contributed by atoms with E-state index in [9.17, 15) is 13.2 Å². The molecular weight excluding hydrogens is 258 g/mol. The highest BCUT2D eigenvalue weighted by Gasteiger charge is 2.33. The summed E-state index contributed by atoms with van der Waals surface area (Å²) in [5.74, 6) is -0.188. The van der Waals surface area contributed by atoms with Gasteiger partial charge in [-0.25, -0.2) is 0 Å². The molecule has 1 unspecified atom stereocenters. The molecule has 0 bridgehead atoms. The van der Waals surface area contributed by atoms with Crippen LogP contribution in [0.4, 0.5) is 0 Å². The van der Waals surface area contributed by atoms with Crippen molar-refractivity contribution in [2.45, 2.75) is 12.8 Å².